The number of fused-ring (bicyclic) bond motifs is 1. The van der Waals surface area contributed by atoms with Crippen LogP contribution in [-0.2, 0) is 20.1 Å². The molecule has 0 amide bonds. The highest BCUT2D eigenvalue weighted by molar-refractivity contribution is 7.89. The van der Waals surface area contributed by atoms with Crippen LogP contribution in [0.5, 0.6) is 0 Å². The highest BCUT2D eigenvalue weighted by atomic mass is 32.2. The van der Waals surface area contributed by atoms with Gasteiger partial charge < -0.3 is 0 Å². The zero-order valence-electron chi connectivity index (χ0n) is 9.27. The Morgan fingerprint density at radius 2 is 1.68 bits per heavy atom. The number of sulfonamides is 1. The molecule has 1 radical (unpaired) electrons. The fraction of sp³-hybridized carbons (Fsp3) is 0. The van der Waals surface area contributed by atoms with Crippen molar-refractivity contribution in [2.24, 2.45) is 5.14 Å². The minimum Gasteiger partial charge on any atom is -0.282 e. The Balaban J connectivity index is 3.01. The second-order valence-electron chi connectivity index (χ2n) is 3.82. The summed E-state index contributed by atoms with van der Waals surface area (Å²) in [6.45, 7) is 0. The molecule has 2 rings (SSSR count). The Morgan fingerprint density at radius 3 is 2.21 bits per heavy atom. The Morgan fingerprint density at radius 1 is 1.05 bits per heavy atom. The third kappa shape index (κ3) is 2.85. The molecule has 6 nitrogen and oxygen atoms in total. The van der Waals surface area contributed by atoms with Crippen LogP contribution in [0.2, 0.25) is 0 Å². The Labute approximate surface area is 115 Å². The third-order valence-corrected chi connectivity index (χ3v) is 4.51. The molecule has 2 aromatic carbocycles. The average molecular weight is 318 g/mol. The molecule has 3 N–H and O–H groups in total. The van der Waals surface area contributed by atoms with E-state index in [1.54, 1.807) is 0 Å². The maximum atomic E-state index is 11.3. The molecule has 0 aliphatic heterocycles. The predicted octanol–water partition coefficient (Wildman–Crippen LogP) is 1.29. The summed E-state index contributed by atoms with van der Waals surface area (Å²) in [6, 6.07) is 6.32. The first-order valence-electron chi connectivity index (χ1n) is 4.84. The van der Waals surface area contributed by atoms with Crippen molar-refractivity contribution in [2.45, 2.75) is 14.7 Å². The van der Waals surface area contributed by atoms with Gasteiger partial charge in [-0.05, 0) is 29.7 Å². The van der Waals surface area contributed by atoms with E-state index in [-0.39, 0.29) is 10.8 Å². The van der Waals surface area contributed by atoms with Gasteiger partial charge in [-0.3, -0.25) is 4.55 Å². The SMILES string of the molecule is NS(=O)(=O)c1cc(S(=O)(=O)O)c2ccc([S])cc2c1. The van der Waals surface area contributed by atoms with Gasteiger partial charge in [-0.15, -0.1) is 0 Å². The summed E-state index contributed by atoms with van der Waals surface area (Å²) in [5.41, 5.74) is 0. The fourth-order valence-electron chi connectivity index (χ4n) is 1.66. The lowest BCUT2D eigenvalue weighted by Crippen LogP contribution is -2.13. The molecule has 0 aliphatic rings. The maximum Gasteiger partial charge on any atom is 0.295 e. The number of nitrogens with two attached hydrogens (primary N) is 1. The third-order valence-electron chi connectivity index (χ3n) is 2.47. The first-order chi connectivity index (χ1) is 8.59. The first kappa shape index (κ1) is 14.2. The zero-order chi connectivity index (χ0) is 14.4. The van der Waals surface area contributed by atoms with Gasteiger partial charge in [0.15, 0.2) is 0 Å². The first-order valence-corrected chi connectivity index (χ1v) is 8.23. The van der Waals surface area contributed by atoms with Crippen LogP contribution in [0, 0.1) is 0 Å². The maximum absolute atomic E-state index is 11.3. The highest BCUT2D eigenvalue weighted by Gasteiger charge is 2.19. The van der Waals surface area contributed by atoms with Crippen LogP contribution in [-0.4, -0.2) is 21.4 Å². The Bertz CT molecular complexity index is 871. The Hall–Kier alpha value is -1.26. The van der Waals surface area contributed by atoms with E-state index >= 15 is 0 Å². The van der Waals surface area contributed by atoms with E-state index in [2.05, 4.69) is 0 Å². The van der Waals surface area contributed by atoms with E-state index in [1.165, 1.54) is 24.3 Å². The van der Waals surface area contributed by atoms with Gasteiger partial charge >= 0.3 is 0 Å². The molecular weight excluding hydrogens is 310 g/mol. The summed E-state index contributed by atoms with van der Waals surface area (Å²) >= 11 is 4.92. The van der Waals surface area contributed by atoms with Crippen LogP contribution in [0.3, 0.4) is 0 Å². The van der Waals surface area contributed by atoms with Crippen molar-refractivity contribution in [1.82, 2.24) is 0 Å². The molecule has 0 bridgehead atoms. The van der Waals surface area contributed by atoms with Gasteiger partial charge in [-0.25, -0.2) is 13.6 Å². The molecule has 101 valence electrons. The van der Waals surface area contributed by atoms with Crippen molar-refractivity contribution in [1.29, 1.82) is 0 Å². The quantitative estimate of drug-likeness (QED) is 0.810. The molecule has 9 heteroatoms. The van der Waals surface area contributed by atoms with Crippen molar-refractivity contribution in [3.63, 3.8) is 0 Å². The molecule has 0 aromatic heterocycles. The van der Waals surface area contributed by atoms with Crippen LogP contribution in [0.25, 0.3) is 10.8 Å². The van der Waals surface area contributed by atoms with Crippen molar-refractivity contribution in [3.8, 4) is 0 Å². The van der Waals surface area contributed by atoms with E-state index in [0.29, 0.717) is 4.90 Å². The summed E-state index contributed by atoms with van der Waals surface area (Å²) in [5, 5.41) is 5.41. The smallest absolute Gasteiger partial charge is 0.282 e. The van der Waals surface area contributed by atoms with Gasteiger partial charge in [0.2, 0.25) is 10.0 Å². The molecule has 0 spiro atoms. The van der Waals surface area contributed by atoms with Crippen LogP contribution < -0.4 is 5.14 Å². The molecule has 19 heavy (non-hydrogen) atoms. The summed E-state index contributed by atoms with van der Waals surface area (Å²) < 4.78 is 54.4. The predicted molar refractivity (Wildman–Crippen MR) is 71.0 cm³/mol. The molecule has 0 atom stereocenters. The van der Waals surface area contributed by atoms with E-state index in [1.807, 2.05) is 0 Å². The van der Waals surface area contributed by atoms with Crippen LogP contribution >= 0.6 is 12.6 Å². The lowest BCUT2D eigenvalue weighted by Gasteiger charge is -2.07. The fourth-order valence-corrected chi connectivity index (χ4v) is 3.25. The van der Waals surface area contributed by atoms with Crippen LogP contribution in [0.15, 0.2) is 45.0 Å². The summed E-state index contributed by atoms with van der Waals surface area (Å²) in [6.07, 6.45) is 0. The number of primary sulfonamides is 1. The molecule has 0 fully saturated rings. The van der Waals surface area contributed by atoms with E-state index in [4.69, 9.17) is 22.3 Å². The number of hydrogen-bond donors (Lipinski definition) is 2. The highest BCUT2D eigenvalue weighted by Crippen LogP contribution is 2.28. The normalized spacial score (nSPS) is 12.7. The standard InChI is InChI=1S/C10H8NO5S3/c11-18(12,13)8-4-6-3-7(17)1-2-9(6)10(5-8)19(14,15)16/h1-5H,(H2,11,12,13)(H,14,15,16). The van der Waals surface area contributed by atoms with E-state index in [0.717, 1.165) is 6.07 Å². The van der Waals surface area contributed by atoms with Crippen LogP contribution in [0.4, 0.5) is 0 Å². The van der Waals surface area contributed by atoms with Crippen molar-refractivity contribution >= 4 is 43.5 Å². The van der Waals surface area contributed by atoms with Crippen molar-refractivity contribution in [2.75, 3.05) is 0 Å². The van der Waals surface area contributed by atoms with Gasteiger partial charge in [-0.2, -0.15) is 8.42 Å². The van der Waals surface area contributed by atoms with Crippen molar-refractivity contribution in [3.05, 3.63) is 30.3 Å². The number of benzene rings is 2. The molecule has 0 heterocycles. The van der Waals surface area contributed by atoms with E-state index < -0.39 is 29.9 Å². The number of rotatable bonds is 2. The molecule has 0 saturated carbocycles. The summed E-state index contributed by atoms with van der Waals surface area (Å²) in [4.78, 5) is -0.530. The average Bonchev–Trinajstić information content (AvgIpc) is 2.24. The van der Waals surface area contributed by atoms with Gasteiger partial charge in [0, 0.05) is 10.3 Å². The van der Waals surface area contributed by atoms with Gasteiger partial charge in [0.1, 0.15) is 4.90 Å². The Kier molecular flexibility index (Phi) is 3.27. The minimum atomic E-state index is -4.58. The molecular formula is C10H8NO5S3. The van der Waals surface area contributed by atoms with E-state index in [9.17, 15) is 16.8 Å². The second-order valence-corrected chi connectivity index (χ2v) is 7.25. The summed E-state index contributed by atoms with van der Waals surface area (Å²) in [5.74, 6) is 0. The topological polar surface area (TPSA) is 115 Å². The minimum absolute atomic E-state index is 0.170. The lowest BCUT2D eigenvalue weighted by atomic mass is 10.1. The molecule has 0 aliphatic carbocycles. The van der Waals surface area contributed by atoms with Gasteiger partial charge in [0.05, 0.1) is 4.90 Å². The monoisotopic (exact) mass is 318 g/mol. The largest absolute Gasteiger partial charge is 0.295 e. The number of hydrogen-bond acceptors (Lipinski definition) is 4. The van der Waals surface area contributed by atoms with Crippen LogP contribution in [0.1, 0.15) is 0 Å². The zero-order valence-corrected chi connectivity index (χ0v) is 11.7. The van der Waals surface area contributed by atoms with Gasteiger partial charge in [0.25, 0.3) is 10.1 Å². The second kappa shape index (κ2) is 4.39. The molecule has 2 aromatic rings. The van der Waals surface area contributed by atoms with Gasteiger partial charge in [-0.1, -0.05) is 18.7 Å². The molecule has 0 saturated heterocycles. The molecule has 0 unspecified atom stereocenters. The summed E-state index contributed by atoms with van der Waals surface area (Å²) in [7, 11) is -8.68. The van der Waals surface area contributed by atoms with Crippen molar-refractivity contribution < 1.29 is 21.4 Å². The lowest BCUT2D eigenvalue weighted by molar-refractivity contribution is 0.484.